The summed E-state index contributed by atoms with van der Waals surface area (Å²) in [5, 5.41) is 0. The van der Waals surface area contributed by atoms with Gasteiger partial charge in [0.2, 0.25) is 0 Å². The van der Waals surface area contributed by atoms with Gasteiger partial charge in [-0.2, -0.15) is 13.2 Å². The minimum atomic E-state index is -4.37. The van der Waals surface area contributed by atoms with Crippen LogP contribution in [0, 0.1) is 0 Å². The Morgan fingerprint density at radius 3 is 2.81 bits per heavy atom. The molecule has 0 aliphatic carbocycles. The van der Waals surface area contributed by atoms with Gasteiger partial charge in [-0.1, -0.05) is 0 Å². The number of benzene rings is 1. The number of aromatic nitrogens is 1. The summed E-state index contributed by atoms with van der Waals surface area (Å²) in [7, 11) is 0. The fourth-order valence-electron chi connectivity index (χ4n) is 1.22. The maximum absolute atomic E-state index is 11.9. The molecule has 2 N–H and O–H groups in total. The van der Waals surface area contributed by atoms with Gasteiger partial charge < -0.3 is 10.5 Å². The number of nitrogens with zero attached hydrogens (tertiary/aromatic N) is 1. The largest absolute Gasteiger partial charge is 0.482 e. The van der Waals surface area contributed by atoms with Crippen molar-refractivity contribution in [3.63, 3.8) is 0 Å². The van der Waals surface area contributed by atoms with Crippen molar-refractivity contribution in [2.24, 2.45) is 0 Å². The van der Waals surface area contributed by atoms with Crippen LogP contribution in [0.25, 0.3) is 10.2 Å². The number of hydrogen-bond donors (Lipinski definition) is 1. The highest BCUT2D eigenvalue weighted by atomic mass is 32.1. The van der Waals surface area contributed by atoms with Crippen molar-refractivity contribution in [2.45, 2.75) is 6.18 Å². The summed E-state index contributed by atoms with van der Waals surface area (Å²) in [5.41, 5.74) is 7.84. The van der Waals surface area contributed by atoms with Crippen LogP contribution in [-0.4, -0.2) is 17.8 Å². The predicted molar refractivity (Wildman–Crippen MR) is 55.6 cm³/mol. The molecule has 0 aliphatic heterocycles. The molecular weight excluding hydrogens is 241 g/mol. The highest BCUT2D eigenvalue weighted by Gasteiger charge is 2.28. The van der Waals surface area contributed by atoms with Crippen molar-refractivity contribution in [2.75, 3.05) is 12.3 Å². The molecule has 0 fully saturated rings. The number of ether oxygens (including phenoxy) is 1. The van der Waals surface area contributed by atoms with Gasteiger partial charge in [0, 0.05) is 0 Å². The summed E-state index contributed by atoms with van der Waals surface area (Å²) in [6.45, 7) is -1.35. The molecule has 0 radical (unpaired) electrons. The van der Waals surface area contributed by atoms with Crippen molar-refractivity contribution >= 4 is 27.2 Å². The SMILES string of the molecule is Nc1c(OCC(F)(F)F)ccc2scnc12. The van der Waals surface area contributed by atoms with Gasteiger partial charge in [-0.15, -0.1) is 11.3 Å². The lowest BCUT2D eigenvalue weighted by Gasteiger charge is -2.10. The molecule has 1 aromatic carbocycles. The van der Waals surface area contributed by atoms with Crippen molar-refractivity contribution in [3.8, 4) is 5.75 Å². The van der Waals surface area contributed by atoms with Crippen LogP contribution >= 0.6 is 11.3 Å². The third-order valence-electron chi connectivity index (χ3n) is 1.89. The van der Waals surface area contributed by atoms with E-state index in [0.717, 1.165) is 4.70 Å². The Bertz CT molecular complexity index is 509. The Hall–Kier alpha value is -1.50. The Kier molecular flexibility index (Phi) is 2.63. The maximum atomic E-state index is 11.9. The second-order valence-corrected chi connectivity index (χ2v) is 3.97. The van der Waals surface area contributed by atoms with E-state index in [2.05, 4.69) is 9.72 Å². The van der Waals surface area contributed by atoms with Crippen molar-refractivity contribution in [1.29, 1.82) is 0 Å². The lowest BCUT2D eigenvalue weighted by molar-refractivity contribution is -0.153. The van der Waals surface area contributed by atoms with Gasteiger partial charge in [-0.3, -0.25) is 0 Å². The monoisotopic (exact) mass is 248 g/mol. The summed E-state index contributed by atoms with van der Waals surface area (Å²) in [6, 6.07) is 3.05. The molecule has 0 amide bonds. The summed E-state index contributed by atoms with van der Waals surface area (Å²) in [4.78, 5) is 3.96. The van der Waals surface area contributed by atoms with Crippen LogP contribution in [0.15, 0.2) is 17.6 Å². The van der Waals surface area contributed by atoms with E-state index >= 15 is 0 Å². The first kappa shape index (κ1) is 11.0. The van der Waals surface area contributed by atoms with E-state index in [9.17, 15) is 13.2 Å². The van der Waals surface area contributed by atoms with Gasteiger partial charge in [-0.25, -0.2) is 4.98 Å². The van der Waals surface area contributed by atoms with E-state index in [4.69, 9.17) is 5.73 Å². The number of fused-ring (bicyclic) bond motifs is 1. The first-order chi connectivity index (χ1) is 7.47. The zero-order valence-corrected chi connectivity index (χ0v) is 8.73. The quantitative estimate of drug-likeness (QED) is 0.831. The second-order valence-electron chi connectivity index (χ2n) is 3.08. The molecule has 0 unspecified atom stereocenters. The molecule has 2 aromatic rings. The van der Waals surface area contributed by atoms with Gasteiger partial charge in [0.1, 0.15) is 17.0 Å². The number of nitrogens with two attached hydrogens (primary N) is 1. The van der Waals surface area contributed by atoms with Gasteiger partial charge in [0.15, 0.2) is 6.61 Å². The number of nitrogen functional groups attached to an aromatic ring is 1. The molecule has 1 aromatic heterocycles. The molecule has 16 heavy (non-hydrogen) atoms. The van der Waals surface area contributed by atoms with Crippen LogP contribution in [0.1, 0.15) is 0 Å². The third-order valence-corrected chi connectivity index (χ3v) is 2.69. The molecule has 3 nitrogen and oxygen atoms in total. The van der Waals surface area contributed by atoms with Crippen LogP contribution in [0.4, 0.5) is 18.9 Å². The van der Waals surface area contributed by atoms with E-state index in [1.165, 1.54) is 17.4 Å². The van der Waals surface area contributed by atoms with Crippen molar-refractivity contribution in [3.05, 3.63) is 17.6 Å². The van der Waals surface area contributed by atoms with E-state index in [-0.39, 0.29) is 11.4 Å². The summed E-state index contributed by atoms with van der Waals surface area (Å²) < 4.78 is 41.3. The first-order valence-corrected chi connectivity index (χ1v) is 5.16. The lowest BCUT2D eigenvalue weighted by atomic mass is 10.2. The van der Waals surface area contributed by atoms with Crippen LogP contribution in [0.5, 0.6) is 5.75 Å². The number of rotatable bonds is 2. The number of anilines is 1. The molecule has 0 saturated heterocycles. The van der Waals surface area contributed by atoms with Gasteiger partial charge in [0.25, 0.3) is 0 Å². The van der Waals surface area contributed by atoms with E-state index in [1.54, 1.807) is 11.6 Å². The molecule has 2 rings (SSSR count). The number of thiazole rings is 1. The standard InChI is InChI=1S/C9H7F3N2OS/c10-9(11,12)3-15-5-1-2-6-8(7(5)13)14-4-16-6/h1-2,4H,3,13H2. The van der Waals surface area contributed by atoms with Crippen LogP contribution in [0.2, 0.25) is 0 Å². The fraction of sp³-hybridized carbons (Fsp3) is 0.222. The van der Waals surface area contributed by atoms with Crippen LogP contribution in [0.3, 0.4) is 0 Å². The highest BCUT2D eigenvalue weighted by molar-refractivity contribution is 7.16. The molecular formula is C9H7F3N2OS. The first-order valence-electron chi connectivity index (χ1n) is 4.28. The van der Waals surface area contributed by atoms with Crippen molar-refractivity contribution < 1.29 is 17.9 Å². The Morgan fingerprint density at radius 1 is 1.38 bits per heavy atom. The Balaban J connectivity index is 2.28. The topological polar surface area (TPSA) is 48.1 Å². The molecule has 86 valence electrons. The molecule has 1 heterocycles. The Morgan fingerprint density at radius 2 is 2.12 bits per heavy atom. The minimum absolute atomic E-state index is 0.00993. The average Bonchev–Trinajstić information content (AvgIpc) is 2.64. The van der Waals surface area contributed by atoms with E-state index in [1.807, 2.05) is 0 Å². The smallest absolute Gasteiger partial charge is 0.422 e. The number of alkyl halides is 3. The Labute approximate surface area is 92.7 Å². The highest BCUT2D eigenvalue weighted by Crippen LogP contribution is 2.32. The summed E-state index contributed by atoms with van der Waals surface area (Å²) in [5.74, 6) is 0.00993. The lowest BCUT2D eigenvalue weighted by Crippen LogP contribution is -2.19. The second kappa shape index (κ2) is 3.82. The molecule has 0 aliphatic rings. The third kappa shape index (κ3) is 2.19. The zero-order chi connectivity index (χ0) is 11.8. The van der Waals surface area contributed by atoms with Gasteiger partial charge in [-0.05, 0) is 12.1 Å². The summed E-state index contributed by atoms with van der Waals surface area (Å²) >= 11 is 1.36. The maximum Gasteiger partial charge on any atom is 0.422 e. The fourth-order valence-corrected chi connectivity index (χ4v) is 1.91. The normalized spacial score (nSPS) is 11.9. The van der Waals surface area contributed by atoms with Gasteiger partial charge >= 0.3 is 6.18 Å². The molecule has 7 heteroatoms. The summed E-state index contributed by atoms with van der Waals surface area (Å²) in [6.07, 6.45) is -4.37. The predicted octanol–water partition coefficient (Wildman–Crippen LogP) is 2.82. The zero-order valence-electron chi connectivity index (χ0n) is 7.91. The number of hydrogen-bond acceptors (Lipinski definition) is 4. The molecule has 0 spiro atoms. The minimum Gasteiger partial charge on any atom is -0.482 e. The van der Waals surface area contributed by atoms with Gasteiger partial charge in [0.05, 0.1) is 10.2 Å². The molecule has 0 saturated carbocycles. The average molecular weight is 248 g/mol. The molecule has 0 bridgehead atoms. The van der Waals surface area contributed by atoms with E-state index in [0.29, 0.717) is 5.52 Å². The van der Waals surface area contributed by atoms with Crippen LogP contribution < -0.4 is 10.5 Å². The molecule has 0 atom stereocenters. The van der Waals surface area contributed by atoms with E-state index < -0.39 is 12.8 Å². The number of halogens is 3. The van der Waals surface area contributed by atoms with Crippen molar-refractivity contribution in [1.82, 2.24) is 4.98 Å². The van der Waals surface area contributed by atoms with Crippen LogP contribution in [-0.2, 0) is 0 Å².